The van der Waals surface area contributed by atoms with E-state index in [1.165, 1.54) is 11.6 Å². The van der Waals surface area contributed by atoms with Crippen molar-refractivity contribution in [3.63, 3.8) is 0 Å². The standard InChI is InChI=1S/C18H19N3O3/c1-3-20-9-8-13-6-7-15(11-17(13)20)19-18(22)14-5-4-12(2)16(10-14)21(23)24/h4-7,10-11H,3,8-9H2,1-2H3,(H,19,22). The van der Waals surface area contributed by atoms with Gasteiger partial charge in [0, 0.05) is 41.7 Å². The molecule has 0 fully saturated rings. The number of amides is 1. The zero-order chi connectivity index (χ0) is 17.3. The first kappa shape index (κ1) is 16.0. The maximum Gasteiger partial charge on any atom is 0.273 e. The van der Waals surface area contributed by atoms with Crippen molar-refractivity contribution in [3.05, 3.63) is 63.2 Å². The third kappa shape index (κ3) is 2.95. The van der Waals surface area contributed by atoms with Gasteiger partial charge in [0.15, 0.2) is 0 Å². The molecule has 0 aromatic heterocycles. The van der Waals surface area contributed by atoms with Gasteiger partial charge in [-0.2, -0.15) is 0 Å². The van der Waals surface area contributed by atoms with E-state index >= 15 is 0 Å². The number of nitrogens with zero attached hydrogens (tertiary/aromatic N) is 2. The predicted octanol–water partition coefficient (Wildman–Crippen LogP) is 3.54. The third-order valence-corrected chi connectivity index (χ3v) is 4.38. The molecule has 1 aliphatic rings. The van der Waals surface area contributed by atoms with Crippen molar-refractivity contribution >= 4 is 23.0 Å². The third-order valence-electron chi connectivity index (χ3n) is 4.38. The Morgan fingerprint density at radius 3 is 2.79 bits per heavy atom. The highest BCUT2D eigenvalue weighted by molar-refractivity contribution is 6.05. The number of fused-ring (bicyclic) bond motifs is 1. The number of hydrogen-bond acceptors (Lipinski definition) is 4. The number of hydrogen-bond donors (Lipinski definition) is 1. The fraction of sp³-hybridized carbons (Fsp3) is 0.278. The molecule has 2 aromatic carbocycles. The van der Waals surface area contributed by atoms with Gasteiger partial charge in [0.25, 0.3) is 11.6 Å². The highest BCUT2D eigenvalue weighted by Gasteiger charge is 2.19. The molecule has 24 heavy (non-hydrogen) atoms. The van der Waals surface area contributed by atoms with Crippen LogP contribution in [0.25, 0.3) is 0 Å². The average molecular weight is 325 g/mol. The maximum atomic E-state index is 12.4. The molecule has 1 N–H and O–H groups in total. The number of carbonyl (C=O) groups excluding carboxylic acids is 1. The Labute approximate surface area is 140 Å². The molecule has 0 saturated carbocycles. The van der Waals surface area contributed by atoms with Crippen molar-refractivity contribution < 1.29 is 9.72 Å². The lowest BCUT2D eigenvalue weighted by Gasteiger charge is -2.17. The minimum Gasteiger partial charge on any atom is -0.371 e. The summed E-state index contributed by atoms with van der Waals surface area (Å²) in [6.07, 6.45) is 1.02. The second-order valence-corrected chi connectivity index (χ2v) is 5.89. The first-order chi connectivity index (χ1) is 11.5. The van der Waals surface area contributed by atoms with E-state index in [2.05, 4.69) is 17.1 Å². The summed E-state index contributed by atoms with van der Waals surface area (Å²) in [4.78, 5) is 25.2. The lowest BCUT2D eigenvalue weighted by Crippen LogP contribution is -2.19. The van der Waals surface area contributed by atoms with E-state index in [0.717, 1.165) is 25.2 Å². The molecule has 1 amide bonds. The van der Waals surface area contributed by atoms with Crippen molar-refractivity contribution in [2.45, 2.75) is 20.3 Å². The Morgan fingerprint density at radius 1 is 1.29 bits per heavy atom. The lowest BCUT2D eigenvalue weighted by molar-refractivity contribution is -0.385. The highest BCUT2D eigenvalue weighted by Crippen LogP contribution is 2.30. The fourth-order valence-corrected chi connectivity index (χ4v) is 3.00. The van der Waals surface area contributed by atoms with Gasteiger partial charge in [0.1, 0.15) is 0 Å². The molecule has 0 saturated heterocycles. The normalized spacial score (nSPS) is 12.8. The van der Waals surface area contributed by atoms with Crippen LogP contribution in [-0.4, -0.2) is 23.9 Å². The van der Waals surface area contributed by atoms with Crippen LogP contribution < -0.4 is 10.2 Å². The number of likely N-dealkylation sites (N-methyl/N-ethyl adjacent to an activating group) is 1. The summed E-state index contributed by atoms with van der Waals surface area (Å²) in [5.74, 6) is -0.348. The largest absolute Gasteiger partial charge is 0.371 e. The molecule has 1 aliphatic heterocycles. The first-order valence-corrected chi connectivity index (χ1v) is 7.94. The average Bonchev–Trinajstić information content (AvgIpc) is 2.97. The highest BCUT2D eigenvalue weighted by atomic mass is 16.6. The number of nitro groups is 1. The number of carbonyl (C=O) groups is 1. The molecular weight excluding hydrogens is 306 g/mol. The molecule has 0 aliphatic carbocycles. The minimum atomic E-state index is -0.472. The van der Waals surface area contributed by atoms with Gasteiger partial charge in [0.05, 0.1) is 4.92 Å². The zero-order valence-corrected chi connectivity index (χ0v) is 13.7. The lowest BCUT2D eigenvalue weighted by atomic mass is 10.1. The van der Waals surface area contributed by atoms with Crippen molar-refractivity contribution in [3.8, 4) is 0 Å². The van der Waals surface area contributed by atoms with E-state index in [1.54, 1.807) is 19.1 Å². The molecular formula is C18H19N3O3. The van der Waals surface area contributed by atoms with E-state index in [4.69, 9.17) is 0 Å². The Kier molecular flexibility index (Phi) is 4.20. The van der Waals surface area contributed by atoms with E-state index < -0.39 is 4.92 Å². The van der Waals surface area contributed by atoms with Crippen LogP contribution in [-0.2, 0) is 6.42 Å². The topological polar surface area (TPSA) is 75.5 Å². The molecule has 3 rings (SSSR count). The van der Waals surface area contributed by atoms with Gasteiger partial charge in [-0.1, -0.05) is 12.1 Å². The van der Waals surface area contributed by atoms with Crippen molar-refractivity contribution in [1.82, 2.24) is 0 Å². The summed E-state index contributed by atoms with van der Waals surface area (Å²) >= 11 is 0. The molecule has 0 unspecified atom stereocenters. The monoisotopic (exact) mass is 325 g/mol. The van der Waals surface area contributed by atoms with Crippen LogP contribution in [0.4, 0.5) is 17.1 Å². The van der Waals surface area contributed by atoms with Crippen molar-refractivity contribution in [2.24, 2.45) is 0 Å². The van der Waals surface area contributed by atoms with Gasteiger partial charge in [0.2, 0.25) is 0 Å². The molecule has 0 atom stereocenters. The van der Waals surface area contributed by atoms with Crippen molar-refractivity contribution in [1.29, 1.82) is 0 Å². The molecule has 2 aromatic rings. The van der Waals surface area contributed by atoms with Gasteiger partial charge in [-0.05, 0) is 44.0 Å². The summed E-state index contributed by atoms with van der Waals surface area (Å²) in [5.41, 5.74) is 3.88. The summed E-state index contributed by atoms with van der Waals surface area (Å²) < 4.78 is 0. The second kappa shape index (κ2) is 6.31. The van der Waals surface area contributed by atoms with Gasteiger partial charge < -0.3 is 10.2 Å². The van der Waals surface area contributed by atoms with Gasteiger partial charge in [-0.15, -0.1) is 0 Å². The van der Waals surface area contributed by atoms with E-state index in [0.29, 0.717) is 11.3 Å². The van der Waals surface area contributed by atoms with E-state index in [9.17, 15) is 14.9 Å². The number of aryl methyl sites for hydroxylation is 1. The Hall–Kier alpha value is -2.89. The van der Waals surface area contributed by atoms with Crippen LogP contribution in [0.1, 0.15) is 28.4 Å². The van der Waals surface area contributed by atoms with E-state index in [-0.39, 0.29) is 17.2 Å². The smallest absolute Gasteiger partial charge is 0.273 e. The molecule has 6 nitrogen and oxygen atoms in total. The Morgan fingerprint density at radius 2 is 2.08 bits per heavy atom. The number of rotatable bonds is 4. The van der Waals surface area contributed by atoms with Crippen molar-refractivity contribution in [2.75, 3.05) is 23.3 Å². The van der Waals surface area contributed by atoms with Gasteiger partial charge in [-0.25, -0.2) is 0 Å². The predicted molar refractivity (Wildman–Crippen MR) is 93.8 cm³/mol. The molecule has 0 bridgehead atoms. The number of anilines is 2. The molecule has 0 radical (unpaired) electrons. The zero-order valence-electron chi connectivity index (χ0n) is 13.7. The van der Waals surface area contributed by atoms with Crippen LogP contribution in [0.5, 0.6) is 0 Å². The summed E-state index contributed by atoms with van der Waals surface area (Å²) in [6, 6.07) is 10.4. The quantitative estimate of drug-likeness (QED) is 0.689. The molecule has 6 heteroatoms. The molecule has 124 valence electrons. The Balaban J connectivity index is 1.83. The maximum absolute atomic E-state index is 12.4. The van der Waals surface area contributed by atoms with Gasteiger partial charge >= 0.3 is 0 Å². The minimum absolute atomic E-state index is 0.0474. The summed E-state index contributed by atoms with van der Waals surface area (Å²) in [6.45, 7) is 5.67. The number of benzene rings is 2. The second-order valence-electron chi connectivity index (χ2n) is 5.89. The van der Waals surface area contributed by atoms with Crippen LogP contribution >= 0.6 is 0 Å². The fourth-order valence-electron chi connectivity index (χ4n) is 3.00. The molecule has 0 spiro atoms. The Bertz CT molecular complexity index is 817. The van der Waals surface area contributed by atoms with E-state index in [1.807, 2.05) is 18.2 Å². The molecule has 1 heterocycles. The van der Waals surface area contributed by atoms with Crippen LogP contribution in [0, 0.1) is 17.0 Å². The van der Waals surface area contributed by atoms with Crippen LogP contribution in [0.3, 0.4) is 0 Å². The summed E-state index contributed by atoms with van der Waals surface area (Å²) in [5, 5.41) is 13.9. The van der Waals surface area contributed by atoms with Gasteiger partial charge in [-0.3, -0.25) is 14.9 Å². The first-order valence-electron chi connectivity index (χ1n) is 7.94. The number of nitrogens with one attached hydrogen (secondary N) is 1. The SMILES string of the molecule is CCN1CCc2ccc(NC(=O)c3ccc(C)c([N+](=O)[O-])c3)cc21. The van der Waals surface area contributed by atoms with Crippen LogP contribution in [0.2, 0.25) is 0 Å². The van der Waals surface area contributed by atoms with Crippen LogP contribution in [0.15, 0.2) is 36.4 Å². The summed E-state index contributed by atoms with van der Waals surface area (Å²) in [7, 11) is 0. The number of nitro benzene ring substituents is 1.